The highest BCUT2D eigenvalue weighted by Crippen LogP contribution is 2.34. The monoisotopic (exact) mass is 626 g/mol. The molecule has 1 aliphatic carbocycles. The maximum atomic E-state index is 15.1. The van der Waals surface area contributed by atoms with Crippen molar-refractivity contribution in [1.29, 1.82) is 0 Å². The van der Waals surface area contributed by atoms with Crippen LogP contribution in [0.25, 0.3) is 21.9 Å². The molecule has 2 aromatic carbocycles. The molecule has 0 spiro atoms. The molecule has 2 aliphatic heterocycles. The van der Waals surface area contributed by atoms with E-state index in [1.165, 1.54) is 32.1 Å². The predicted molar refractivity (Wildman–Crippen MR) is 160 cm³/mol. The summed E-state index contributed by atoms with van der Waals surface area (Å²) in [6.45, 7) is 5.25. The summed E-state index contributed by atoms with van der Waals surface area (Å²) in [7, 11) is -4.21. The zero-order chi connectivity index (χ0) is 31.6. The van der Waals surface area contributed by atoms with Crippen LogP contribution in [0.3, 0.4) is 0 Å². The van der Waals surface area contributed by atoms with Crippen molar-refractivity contribution < 1.29 is 32.2 Å². The quantitative estimate of drug-likeness (QED) is 0.392. The maximum absolute atomic E-state index is 15.1. The summed E-state index contributed by atoms with van der Waals surface area (Å²) in [5.41, 5.74) is 0.109. The number of aliphatic hydroxyl groups excluding tert-OH is 1. The molecule has 1 aromatic heterocycles. The van der Waals surface area contributed by atoms with Crippen LogP contribution in [0.1, 0.15) is 42.6 Å². The number of fused-ring (bicyclic) bond motifs is 2. The average molecular weight is 627 g/mol. The van der Waals surface area contributed by atoms with Gasteiger partial charge in [-0.1, -0.05) is 19.9 Å². The zero-order valence-corrected chi connectivity index (χ0v) is 25.6. The number of hydrogen-bond donors (Lipinski definition) is 2. The Labute approximate surface area is 254 Å². The van der Waals surface area contributed by atoms with E-state index in [0.29, 0.717) is 11.1 Å². The summed E-state index contributed by atoms with van der Waals surface area (Å²) in [6.07, 6.45) is 2.58. The highest BCUT2D eigenvalue weighted by molar-refractivity contribution is 7.89. The van der Waals surface area contributed by atoms with E-state index in [9.17, 15) is 27.9 Å². The minimum absolute atomic E-state index is 0.0268. The van der Waals surface area contributed by atoms with Crippen molar-refractivity contribution in [2.24, 2.45) is 5.41 Å². The Morgan fingerprint density at radius 1 is 1.14 bits per heavy atom. The number of nitrogens with zero attached hydrogens (tertiary/aromatic N) is 3. The number of cyclic esters (lactones) is 1. The van der Waals surface area contributed by atoms with E-state index in [-0.39, 0.29) is 78.1 Å². The SMILES string of the molecule is Cc1c(F)cc(C(=O)NC2CC2)cc1-c1ccc2c(=O)n(CC(C)(C)CO)cc(S(=O)(=O)N3CCN4C(=O)OC[C@H]4C3)c2c1. The van der Waals surface area contributed by atoms with Crippen LogP contribution in [-0.4, -0.2) is 84.2 Å². The molecule has 3 aromatic rings. The molecule has 1 saturated carbocycles. The number of sulfonamides is 1. The van der Waals surface area contributed by atoms with Gasteiger partial charge in [-0.3, -0.25) is 14.5 Å². The number of halogens is 1. The Balaban J connectivity index is 1.50. The number of benzene rings is 2. The van der Waals surface area contributed by atoms with Gasteiger partial charge in [0.2, 0.25) is 10.0 Å². The van der Waals surface area contributed by atoms with E-state index in [1.807, 2.05) is 0 Å². The number of piperazine rings is 1. The number of amides is 2. The molecule has 3 heterocycles. The number of nitrogens with one attached hydrogen (secondary N) is 1. The molecule has 11 nitrogen and oxygen atoms in total. The largest absolute Gasteiger partial charge is 0.447 e. The number of pyridine rings is 1. The second kappa shape index (κ2) is 11.0. The van der Waals surface area contributed by atoms with Gasteiger partial charge in [0.25, 0.3) is 11.5 Å². The fourth-order valence-electron chi connectivity index (χ4n) is 5.78. The lowest BCUT2D eigenvalue weighted by Crippen LogP contribution is -2.53. The van der Waals surface area contributed by atoms with Crippen molar-refractivity contribution in [2.75, 3.05) is 32.8 Å². The number of aliphatic hydroxyl groups is 1. The molecule has 3 aliphatic rings. The number of ether oxygens (including phenoxy) is 1. The number of carbonyl (C=O) groups is 2. The fraction of sp³-hybridized carbons (Fsp3) is 0.452. The van der Waals surface area contributed by atoms with Crippen molar-refractivity contribution in [1.82, 2.24) is 19.1 Å². The average Bonchev–Trinajstić information content (AvgIpc) is 3.74. The van der Waals surface area contributed by atoms with Crippen molar-refractivity contribution in [2.45, 2.75) is 57.1 Å². The van der Waals surface area contributed by atoms with E-state index in [2.05, 4.69) is 5.32 Å². The van der Waals surface area contributed by atoms with E-state index >= 15 is 4.39 Å². The maximum Gasteiger partial charge on any atom is 0.410 e. The van der Waals surface area contributed by atoms with Crippen LogP contribution in [0.15, 0.2) is 46.2 Å². The third-order valence-electron chi connectivity index (χ3n) is 8.60. The van der Waals surface area contributed by atoms with Gasteiger partial charge in [0.15, 0.2) is 0 Å². The molecule has 3 fully saturated rings. The minimum atomic E-state index is -4.21. The standard InChI is InChI=1S/C31H35FN4O7S/c1-18-24(11-20(12-26(18)32)28(38)33-21-5-6-21)19-4-7-23-25(10-19)27(14-34(29(23)39)16-31(2,3)17-37)44(41,42)35-8-9-36-22(13-35)15-43-30(36)40/h4,7,10-12,14,21-22,37H,5-6,8-9,13,15-17H2,1-3H3,(H,33,38)/t22-/m1/s1. The first-order valence-electron chi connectivity index (χ1n) is 14.6. The van der Waals surface area contributed by atoms with Crippen LogP contribution in [-0.2, 0) is 21.3 Å². The van der Waals surface area contributed by atoms with Gasteiger partial charge in [-0.2, -0.15) is 4.31 Å². The Morgan fingerprint density at radius 3 is 2.59 bits per heavy atom. The Morgan fingerprint density at radius 2 is 1.89 bits per heavy atom. The van der Waals surface area contributed by atoms with Crippen molar-refractivity contribution in [3.63, 3.8) is 0 Å². The van der Waals surface area contributed by atoms with E-state index in [1.54, 1.807) is 39.0 Å². The Kier molecular flexibility index (Phi) is 7.53. The summed E-state index contributed by atoms with van der Waals surface area (Å²) in [5, 5.41) is 13.0. The predicted octanol–water partition coefficient (Wildman–Crippen LogP) is 2.85. The van der Waals surface area contributed by atoms with Crippen molar-refractivity contribution >= 4 is 32.8 Å². The first kappa shape index (κ1) is 30.2. The molecule has 6 rings (SSSR count). The van der Waals surface area contributed by atoms with Gasteiger partial charge >= 0.3 is 6.09 Å². The molecule has 2 saturated heterocycles. The van der Waals surface area contributed by atoms with Crippen molar-refractivity contribution in [3.05, 3.63) is 63.8 Å². The number of carbonyl (C=O) groups excluding carboxylic acids is 2. The molecule has 13 heteroatoms. The van der Waals surface area contributed by atoms with Crippen LogP contribution < -0.4 is 10.9 Å². The number of aromatic nitrogens is 1. The minimum Gasteiger partial charge on any atom is -0.447 e. The first-order valence-corrected chi connectivity index (χ1v) is 16.1. The lowest BCUT2D eigenvalue weighted by Gasteiger charge is -2.34. The third kappa shape index (κ3) is 5.48. The molecule has 0 unspecified atom stereocenters. The van der Waals surface area contributed by atoms with Crippen LogP contribution in [0.2, 0.25) is 0 Å². The summed E-state index contributed by atoms with van der Waals surface area (Å²) in [5.74, 6) is -0.969. The highest BCUT2D eigenvalue weighted by Gasteiger charge is 2.42. The summed E-state index contributed by atoms with van der Waals surface area (Å²) in [6, 6.07) is 7.10. The van der Waals surface area contributed by atoms with Gasteiger partial charge in [0, 0.05) is 66.8 Å². The summed E-state index contributed by atoms with van der Waals surface area (Å²) < 4.78 is 51.4. The first-order chi connectivity index (χ1) is 20.8. The molecule has 0 bridgehead atoms. The van der Waals surface area contributed by atoms with Crippen molar-refractivity contribution in [3.8, 4) is 11.1 Å². The molecule has 1 atom stereocenters. The van der Waals surface area contributed by atoms with Crippen LogP contribution in [0.5, 0.6) is 0 Å². The second-order valence-electron chi connectivity index (χ2n) is 12.7. The molecular formula is C31H35FN4O7S. The van der Waals surface area contributed by atoms with Gasteiger partial charge in [-0.25, -0.2) is 17.6 Å². The number of hydrogen-bond acceptors (Lipinski definition) is 7. The molecule has 0 radical (unpaired) electrons. The molecule has 2 N–H and O–H groups in total. The van der Waals surface area contributed by atoms with Gasteiger partial charge in [-0.15, -0.1) is 0 Å². The molecular weight excluding hydrogens is 591 g/mol. The van der Waals surface area contributed by atoms with Crippen LogP contribution in [0.4, 0.5) is 9.18 Å². The smallest absolute Gasteiger partial charge is 0.410 e. The summed E-state index contributed by atoms with van der Waals surface area (Å²) >= 11 is 0. The van der Waals surface area contributed by atoms with Gasteiger partial charge in [0.05, 0.1) is 6.04 Å². The topological polar surface area (TPSA) is 138 Å². The molecule has 44 heavy (non-hydrogen) atoms. The Bertz CT molecular complexity index is 1850. The van der Waals surface area contributed by atoms with Gasteiger partial charge in [0.1, 0.15) is 17.3 Å². The van der Waals surface area contributed by atoms with E-state index in [4.69, 9.17) is 4.74 Å². The Hall–Kier alpha value is -3.81. The van der Waals surface area contributed by atoms with Gasteiger partial charge in [-0.05, 0) is 60.7 Å². The van der Waals surface area contributed by atoms with Crippen LogP contribution >= 0.6 is 0 Å². The highest BCUT2D eigenvalue weighted by atomic mass is 32.2. The van der Waals surface area contributed by atoms with E-state index < -0.39 is 38.9 Å². The molecule has 2 amide bonds. The normalized spacial score (nSPS) is 19.2. The lowest BCUT2D eigenvalue weighted by molar-refractivity contribution is 0.0950. The van der Waals surface area contributed by atoms with E-state index in [0.717, 1.165) is 12.8 Å². The number of rotatable bonds is 8. The fourth-order valence-corrected chi connectivity index (χ4v) is 7.46. The second-order valence-corrected chi connectivity index (χ2v) is 14.6. The third-order valence-corrected chi connectivity index (χ3v) is 10.5. The molecule has 234 valence electrons. The van der Waals surface area contributed by atoms with Crippen LogP contribution in [0, 0.1) is 18.2 Å². The lowest BCUT2D eigenvalue weighted by atomic mass is 9.94. The zero-order valence-electron chi connectivity index (χ0n) is 24.8. The summed E-state index contributed by atoms with van der Waals surface area (Å²) in [4.78, 5) is 39.9. The van der Waals surface area contributed by atoms with Gasteiger partial charge < -0.3 is 19.7 Å².